The van der Waals surface area contributed by atoms with E-state index in [0.29, 0.717) is 37.4 Å². The van der Waals surface area contributed by atoms with Crippen LogP contribution < -0.4 is 14.8 Å². The van der Waals surface area contributed by atoms with Gasteiger partial charge in [0.1, 0.15) is 0 Å². The van der Waals surface area contributed by atoms with Crippen molar-refractivity contribution in [3.63, 3.8) is 0 Å². The van der Waals surface area contributed by atoms with Gasteiger partial charge in [-0.15, -0.1) is 0 Å². The van der Waals surface area contributed by atoms with Crippen molar-refractivity contribution in [1.29, 1.82) is 0 Å². The molecule has 1 heterocycles. The molecule has 1 aliphatic heterocycles. The van der Waals surface area contributed by atoms with Crippen LogP contribution in [0.25, 0.3) is 0 Å². The van der Waals surface area contributed by atoms with Crippen LogP contribution in [0, 0.1) is 5.92 Å². The van der Waals surface area contributed by atoms with Crippen molar-refractivity contribution < 1.29 is 22.7 Å². The molecule has 8 heteroatoms. The molecule has 0 aromatic heterocycles. The number of methoxy groups -OCH3 is 2. The Labute approximate surface area is 149 Å². The summed E-state index contributed by atoms with van der Waals surface area (Å²) in [5, 5.41) is 2.89. The molecule has 1 amide bonds. The molecule has 1 aromatic carbocycles. The molecular weight excluding hydrogens is 344 g/mol. The molecule has 25 heavy (non-hydrogen) atoms. The van der Waals surface area contributed by atoms with Gasteiger partial charge in [-0.1, -0.05) is 6.07 Å². The number of nitrogens with zero attached hydrogens (tertiary/aromatic N) is 1. The Morgan fingerprint density at radius 2 is 2.00 bits per heavy atom. The monoisotopic (exact) mass is 370 g/mol. The number of amides is 1. The summed E-state index contributed by atoms with van der Waals surface area (Å²) in [4.78, 5) is 12.4. The van der Waals surface area contributed by atoms with Gasteiger partial charge in [-0.2, -0.15) is 0 Å². The van der Waals surface area contributed by atoms with E-state index in [2.05, 4.69) is 5.32 Å². The number of hydrogen-bond donors (Lipinski definition) is 1. The molecule has 1 aliphatic rings. The van der Waals surface area contributed by atoms with Crippen LogP contribution in [0.1, 0.15) is 25.3 Å². The molecule has 0 bridgehead atoms. The van der Waals surface area contributed by atoms with Gasteiger partial charge in [0.2, 0.25) is 15.9 Å². The highest BCUT2D eigenvalue weighted by Crippen LogP contribution is 2.27. The van der Waals surface area contributed by atoms with Crippen molar-refractivity contribution in [2.75, 3.05) is 33.1 Å². The van der Waals surface area contributed by atoms with E-state index in [9.17, 15) is 13.2 Å². The van der Waals surface area contributed by atoms with E-state index in [1.165, 1.54) is 4.31 Å². The van der Waals surface area contributed by atoms with Gasteiger partial charge in [0.25, 0.3) is 0 Å². The molecule has 0 unspecified atom stereocenters. The summed E-state index contributed by atoms with van der Waals surface area (Å²) in [6.45, 7) is 2.73. The lowest BCUT2D eigenvalue weighted by Gasteiger charge is -2.30. The van der Waals surface area contributed by atoms with Gasteiger partial charge < -0.3 is 14.8 Å². The maximum atomic E-state index is 12.4. The summed E-state index contributed by atoms with van der Waals surface area (Å²) in [6, 6.07) is 5.46. The van der Waals surface area contributed by atoms with Crippen LogP contribution in [0.2, 0.25) is 0 Å². The van der Waals surface area contributed by atoms with Crippen molar-refractivity contribution in [3.05, 3.63) is 23.8 Å². The zero-order valence-electron chi connectivity index (χ0n) is 14.9. The van der Waals surface area contributed by atoms with E-state index in [-0.39, 0.29) is 24.1 Å². The predicted octanol–water partition coefficient (Wildman–Crippen LogP) is 1.38. The third kappa shape index (κ3) is 4.85. The van der Waals surface area contributed by atoms with Gasteiger partial charge in [0, 0.05) is 19.6 Å². The normalized spacial score (nSPS) is 18.6. The van der Waals surface area contributed by atoms with Crippen LogP contribution in [-0.4, -0.2) is 51.7 Å². The second-order valence-corrected chi connectivity index (χ2v) is 8.26. The summed E-state index contributed by atoms with van der Waals surface area (Å²) < 4.78 is 35.9. The first-order chi connectivity index (χ1) is 11.9. The van der Waals surface area contributed by atoms with Crippen LogP contribution in [0.3, 0.4) is 0 Å². The molecule has 1 atom stereocenters. The minimum Gasteiger partial charge on any atom is -0.493 e. The van der Waals surface area contributed by atoms with Crippen LogP contribution in [0.5, 0.6) is 11.5 Å². The quantitative estimate of drug-likeness (QED) is 0.784. The van der Waals surface area contributed by atoms with Gasteiger partial charge in [-0.3, -0.25) is 4.79 Å². The Bertz CT molecular complexity index is 705. The zero-order chi connectivity index (χ0) is 18.4. The molecule has 1 fully saturated rings. The minimum atomic E-state index is -3.25. The maximum absolute atomic E-state index is 12.4. The molecule has 0 spiro atoms. The third-order valence-electron chi connectivity index (χ3n) is 4.43. The fourth-order valence-electron chi connectivity index (χ4n) is 2.92. The van der Waals surface area contributed by atoms with Gasteiger partial charge in [0.05, 0.1) is 25.9 Å². The summed E-state index contributed by atoms with van der Waals surface area (Å²) in [5.74, 6) is 0.867. The Morgan fingerprint density at radius 1 is 1.28 bits per heavy atom. The highest BCUT2D eigenvalue weighted by atomic mass is 32.2. The highest BCUT2D eigenvalue weighted by molar-refractivity contribution is 7.89. The van der Waals surface area contributed by atoms with Crippen molar-refractivity contribution in [1.82, 2.24) is 9.62 Å². The molecule has 140 valence electrons. The second kappa shape index (κ2) is 8.53. The largest absolute Gasteiger partial charge is 0.493 e. The fourth-order valence-corrected chi connectivity index (χ4v) is 4.10. The molecule has 2 rings (SSSR count). The predicted molar refractivity (Wildman–Crippen MR) is 95.2 cm³/mol. The lowest BCUT2D eigenvalue weighted by molar-refractivity contribution is -0.126. The van der Waals surface area contributed by atoms with Crippen molar-refractivity contribution in [2.45, 2.75) is 26.3 Å². The Balaban J connectivity index is 1.96. The Morgan fingerprint density at radius 3 is 2.64 bits per heavy atom. The van der Waals surface area contributed by atoms with Crippen molar-refractivity contribution in [3.8, 4) is 11.5 Å². The fraction of sp³-hybridized carbons (Fsp3) is 0.588. The first-order valence-corrected chi connectivity index (χ1v) is 9.98. The Kier molecular flexibility index (Phi) is 6.66. The average molecular weight is 370 g/mol. The van der Waals surface area contributed by atoms with Crippen LogP contribution in [0.15, 0.2) is 18.2 Å². The maximum Gasteiger partial charge on any atom is 0.224 e. The molecule has 0 radical (unpaired) electrons. The molecule has 1 aromatic rings. The SMILES string of the molecule is CCS(=O)(=O)N1CCC[C@@H](C(=O)NCc2ccc(OC)c(OC)c2)C1. The molecule has 7 nitrogen and oxygen atoms in total. The van der Waals surface area contributed by atoms with E-state index in [1.807, 2.05) is 12.1 Å². The summed E-state index contributed by atoms with van der Waals surface area (Å²) in [7, 11) is -0.120. The van der Waals surface area contributed by atoms with Crippen LogP contribution in [0.4, 0.5) is 0 Å². The first kappa shape index (κ1) is 19.5. The van der Waals surface area contributed by atoms with Crippen LogP contribution in [-0.2, 0) is 21.4 Å². The molecule has 1 saturated heterocycles. The summed E-state index contributed by atoms with van der Waals surface area (Å²) in [5.41, 5.74) is 0.889. The first-order valence-electron chi connectivity index (χ1n) is 8.37. The summed E-state index contributed by atoms with van der Waals surface area (Å²) >= 11 is 0. The lowest BCUT2D eigenvalue weighted by Crippen LogP contribution is -2.45. The number of carbonyl (C=O) groups is 1. The van der Waals surface area contributed by atoms with E-state index in [0.717, 1.165) is 5.56 Å². The Hall–Kier alpha value is -1.80. The van der Waals surface area contributed by atoms with E-state index >= 15 is 0 Å². The van der Waals surface area contributed by atoms with E-state index in [1.54, 1.807) is 27.2 Å². The molecule has 0 aliphatic carbocycles. The van der Waals surface area contributed by atoms with Gasteiger partial charge in [0.15, 0.2) is 11.5 Å². The number of piperidine rings is 1. The summed E-state index contributed by atoms with van der Waals surface area (Å²) in [6.07, 6.45) is 1.40. The zero-order valence-corrected chi connectivity index (χ0v) is 15.8. The van der Waals surface area contributed by atoms with Gasteiger partial charge in [-0.05, 0) is 37.5 Å². The standard InChI is InChI=1S/C17H26N2O5S/c1-4-25(21,22)19-9-5-6-14(12-19)17(20)18-11-13-7-8-15(23-2)16(10-13)24-3/h7-8,10,14H,4-6,9,11-12H2,1-3H3,(H,18,20)/t14-/m1/s1. The number of rotatable bonds is 7. The smallest absolute Gasteiger partial charge is 0.224 e. The van der Waals surface area contributed by atoms with Gasteiger partial charge >= 0.3 is 0 Å². The van der Waals surface area contributed by atoms with E-state index in [4.69, 9.17) is 9.47 Å². The number of carbonyl (C=O) groups excluding carboxylic acids is 1. The second-order valence-electron chi connectivity index (χ2n) is 6.00. The minimum absolute atomic E-state index is 0.0625. The number of nitrogens with one attached hydrogen (secondary N) is 1. The number of benzene rings is 1. The molecule has 0 saturated carbocycles. The molecular formula is C17H26N2O5S. The van der Waals surface area contributed by atoms with Gasteiger partial charge in [-0.25, -0.2) is 12.7 Å². The number of ether oxygens (including phenoxy) is 2. The van der Waals surface area contributed by atoms with Crippen molar-refractivity contribution >= 4 is 15.9 Å². The third-order valence-corrected chi connectivity index (χ3v) is 6.28. The molecule has 1 N–H and O–H groups in total. The topological polar surface area (TPSA) is 84.9 Å². The van der Waals surface area contributed by atoms with Crippen LogP contribution >= 0.6 is 0 Å². The van der Waals surface area contributed by atoms with Crippen molar-refractivity contribution in [2.24, 2.45) is 5.92 Å². The highest BCUT2D eigenvalue weighted by Gasteiger charge is 2.31. The number of hydrogen-bond acceptors (Lipinski definition) is 5. The average Bonchev–Trinajstić information content (AvgIpc) is 2.65. The van der Waals surface area contributed by atoms with E-state index < -0.39 is 10.0 Å². The number of sulfonamides is 1. The lowest BCUT2D eigenvalue weighted by atomic mass is 9.98.